The van der Waals surface area contributed by atoms with E-state index in [0.717, 1.165) is 40.7 Å². The first kappa shape index (κ1) is 29.5. The van der Waals surface area contributed by atoms with Crippen molar-refractivity contribution in [1.29, 1.82) is 0 Å². The Labute approximate surface area is 205 Å². The largest absolute Gasteiger partial charge is 0.390 e. The molecule has 0 bridgehead atoms. The summed E-state index contributed by atoms with van der Waals surface area (Å²) >= 11 is 1.14. The lowest BCUT2D eigenvalue weighted by Crippen LogP contribution is -2.68. The van der Waals surface area contributed by atoms with Gasteiger partial charge in [-0.05, 0) is 90.8 Å². The van der Waals surface area contributed by atoms with Crippen molar-refractivity contribution in [3.63, 3.8) is 0 Å². The second kappa shape index (κ2) is 11.8. The van der Waals surface area contributed by atoms with Crippen molar-refractivity contribution in [3.05, 3.63) is 0 Å². The van der Waals surface area contributed by atoms with E-state index in [2.05, 4.69) is 83.1 Å². The van der Waals surface area contributed by atoms with Gasteiger partial charge in [0.1, 0.15) is 0 Å². The van der Waals surface area contributed by atoms with Gasteiger partial charge in [0.15, 0.2) is 0 Å². The van der Waals surface area contributed by atoms with Gasteiger partial charge < -0.3 is 4.74 Å². The number of ether oxygens (including phenoxy) is 1. The Morgan fingerprint density at radius 3 is 1.32 bits per heavy atom. The summed E-state index contributed by atoms with van der Waals surface area (Å²) in [6.45, 7) is 30.5. The average Bonchev–Trinajstić information content (AvgIpc) is 2.53. The molecule has 1 aliphatic heterocycles. The summed E-state index contributed by atoms with van der Waals surface area (Å²) in [5.74, 6) is 4.98. The van der Waals surface area contributed by atoms with E-state index in [1.54, 1.807) is 0 Å². The van der Waals surface area contributed by atoms with Crippen LogP contribution in [0.3, 0.4) is 0 Å². The molecule has 1 heterocycles. The van der Waals surface area contributed by atoms with Crippen molar-refractivity contribution >= 4 is 16.3 Å². The zero-order valence-electron chi connectivity index (χ0n) is 23.9. The molecule has 1 fully saturated rings. The lowest BCUT2D eigenvalue weighted by Gasteiger charge is -2.69. The maximum Gasteiger partial charge on any atom is 0.265 e. The Morgan fingerprint density at radius 2 is 1.00 bits per heavy atom. The molecule has 2 atom stereocenters. The lowest BCUT2D eigenvalue weighted by molar-refractivity contribution is -0.257. The zero-order valence-corrected chi connectivity index (χ0v) is 25.9. The molecule has 0 saturated carbocycles. The molecule has 0 aromatic carbocycles. The zero-order chi connectivity index (χ0) is 24.2. The van der Waals surface area contributed by atoms with E-state index in [-0.39, 0.29) is 9.88 Å². The Balaban J connectivity index is 3.95. The van der Waals surface area contributed by atoms with Crippen LogP contribution in [0.4, 0.5) is 0 Å². The summed E-state index contributed by atoms with van der Waals surface area (Å²) in [7, 11) is 0. The van der Waals surface area contributed by atoms with E-state index in [1.807, 2.05) is 0 Å². The van der Waals surface area contributed by atoms with Crippen LogP contribution in [0.2, 0.25) is 0 Å². The molecule has 0 aliphatic carbocycles. The molecule has 0 amide bonds. The van der Waals surface area contributed by atoms with Crippen molar-refractivity contribution in [2.75, 3.05) is 6.61 Å². The van der Waals surface area contributed by atoms with Gasteiger partial charge in [-0.25, -0.2) is 0 Å². The molecular weight excluding hydrogens is 391 g/mol. The maximum atomic E-state index is 7.19. The molecule has 0 radical (unpaired) electrons. The van der Waals surface area contributed by atoms with Crippen LogP contribution in [0.25, 0.3) is 0 Å². The van der Waals surface area contributed by atoms with Crippen molar-refractivity contribution in [2.24, 2.45) is 52.3 Å². The summed E-state index contributed by atoms with van der Waals surface area (Å²) in [6, 6.07) is 0. The highest BCUT2D eigenvalue weighted by Crippen LogP contribution is 2.68. The standard InChI is InChI=1S/C29H57O.Al.2H/c1-20(2)13-26-19-30-27(14-21(3)4)29(17-24(9)10,18-25(11)12)28(26,15-22(5)6)16-23(7)8;;;/h20-26H,13-19H2,1-12H3;;;. The van der Waals surface area contributed by atoms with Gasteiger partial charge in [0.25, 0.3) is 16.3 Å². The van der Waals surface area contributed by atoms with Crippen LogP contribution < -0.4 is 0 Å². The van der Waals surface area contributed by atoms with Gasteiger partial charge in [-0.2, -0.15) is 0 Å². The molecule has 2 unspecified atom stereocenters. The highest BCUT2D eigenvalue weighted by atomic mass is 27.0. The van der Waals surface area contributed by atoms with Crippen LogP contribution >= 0.6 is 0 Å². The second-order valence-corrected chi connectivity index (χ2v) is 15.7. The van der Waals surface area contributed by atoms with Crippen molar-refractivity contribution in [3.8, 4) is 0 Å². The third-order valence-electron chi connectivity index (χ3n) is 7.96. The molecule has 1 rings (SSSR count). The normalized spacial score (nSPS) is 26.2. The number of rotatable bonds is 12. The fraction of sp³-hybridized carbons (Fsp3) is 1.00. The van der Waals surface area contributed by atoms with Crippen LogP contribution in [0.1, 0.15) is 122 Å². The van der Waals surface area contributed by atoms with E-state index < -0.39 is 0 Å². The minimum Gasteiger partial charge on any atom is -0.390 e. The van der Waals surface area contributed by atoms with E-state index >= 15 is 0 Å². The molecule has 0 N–H and O–H groups in total. The molecular formula is C29H59AlO. The molecule has 0 aromatic rings. The first-order chi connectivity index (χ1) is 14.1. The van der Waals surface area contributed by atoms with Gasteiger partial charge in [0.05, 0.1) is 0 Å². The lowest BCUT2D eigenvalue weighted by atomic mass is 9.43. The quantitative estimate of drug-likeness (QED) is 0.272. The minimum atomic E-state index is 0.0902. The van der Waals surface area contributed by atoms with Gasteiger partial charge in [-0.3, -0.25) is 0 Å². The molecule has 0 aromatic heterocycles. The van der Waals surface area contributed by atoms with Crippen molar-refractivity contribution in [2.45, 2.75) is 126 Å². The predicted octanol–water partition coefficient (Wildman–Crippen LogP) is 8.21. The Hall–Kier alpha value is 0.492. The summed E-state index contributed by atoms with van der Waals surface area (Å²) in [5, 5.41) is 0. The van der Waals surface area contributed by atoms with Crippen LogP contribution in [-0.4, -0.2) is 27.4 Å². The van der Waals surface area contributed by atoms with Gasteiger partial charge in [0, 0.05) is 11.1 Å². The van der Waals surface area contributed by atoms with Crippen molar-refractivity contribution < 1.29 is 4.74 Å². The third kappa shape index (κ3) is 6.99. The van der Waals surface area contributed by atoms with Gasteiger partial charge in [0.2, 0.25) is 0 Å². The van der Waals surface area contributed by atoms with Crippen LogP contribution in [0.5, 0.6) is 0 Å². The van der Waals surface area contributed by atoms with Crippen LogP contribution in [-0.2, 0) is 4.74 Å². The molecule has 184 valence electrons. The van der Waals surface area contributed by atoms with Gasteiger partial charge in [-0.1, -0.05) is 83.1 Å². The molecule has 2 heteroatoms. The fourth-order valence-corrected chi connectivity index (χ4v) is 9.86. The van der Waals surface area contributed by atoms with Crippen LogP contribution in [0, 0.1) is 52.3 Å². The SMILES string of the molecule is CC(C)CC1CO[C]([AlH2])(CC(C)C)C(CC(C)C)(CC(C)C)C1(CC(C)C)CC(C)C. The predicted molar refractivity (Wildman–Crippen MR) is 142 cm³/mol. The van der Waals surface area contributed by atoms with E-state index in [1.165, 1.54) is 38.5 Å². The topological polar surface area (TPSA) is 9.23 Å². The number of hydrogen-bond acceptors (Lipinski definition) is 1. The molecule has 0 spiro atoms. The average molecular weight is 451 g/mol. The van der Waals surface area contributed by atoms with Gasteiger partial charge >= 0.3 is 0 Å². The first-order valence-electron chi connectivity index (χ1n) is 13.7. The molecule has 31 heavy (non-hydrogen) atoms. The molecule has 1 saturated heterocycles. The summed E-state index contributed by atoms with van der Waals surface area (Å²) in [6.07, 6.45) is 7.95. The Bertz CT molecular complexity index is 499. The summed E-state index contributed by atoms with van der Waals surface area (Å²) < 4.78 is 7.28. The van der Waals surface area contributed by atoms with E-state index in [4.69, 9.17) is 4.74 Å². The van der Waals surface area contributed by atoms with Crippen molar-refractivity contribution in [1.82, 2.24) is 0 Å². The second-order valence-electron chi connectivity index (χ2n) is 14.1. The molecule has 1 nitrogen and oxygen atoms in total. The third-order valence-corrected chi connectivity index (χ3v) is 9.62. The monoisotopic (exact) mass is 450 g/mol. The van der Waals surface area contributed by atoms with E-state index in [0.29, 0.717) is 29.1 Å². The first-order valence-corrected chi connectivity index (χ1v) is 14.7. The minimum absolute atomic E-state index is 0.0902. The summed E-state index contributed by atoms with van der Waals surface area (Å²) in [5.41, 5.74) is 0.661. The Kier molecular flexibility index (Phi) is 11.2. The fourth-order valence-electron chi connectivity index (χ4n) is 7.98. The highest BCUT2D eigenvalue weighted by molar-refractivity contribution is 6.15. The maximum absolute atomic E-state index is 7.19. The Morgan fingerprint density at radius 1 is 0.613 bits per heavy atom. The highest BCUT2D eigenvalue weighted by Gasteiger charge is 2.65. The van der Waals surface area contributed by atoms with E-state index in [9.17, 15) is 0 Å². The van der Waals surface area contributed by atoms with Gasteiger partial charge in [-0.15, -0.1) is 0 Å². The smallest absolute Gasteiger partial charge is 0.265 e. The van der Waals surface area contributed by atoms with Crippen LogP contribution in [0.15, 0.2) is 0 Å². The number of hydrogen-bond donors (Lipinski definition) is 0. The summed E-state index contributed by atoms with van der Waals surface area (Å²) in [4.78, 5) is 0. The molecule has 1 aliphatic rings.